The molecule has 18 heavy (non-hydrogen) atoms. The van der Waals surface area contributed by atoms with Crippen LogP contribution in [-0.4, -0.2) is 25.3 Å². The van der Waals surface area contributed by atoms with Gasteiger partial charge < -0.3 is 9.55 Å². The summed E-state index contributed by atoms with van der Waals surface area (Å²) in [5.74, 6) is -0.337. The van der Waals surface area contributed by atoms with Crippen LogP contribution in [0.3, 0.4) is 0 Å². The topological polar surface area (TPSA) is 37.8 Å². The highest BCUT2D eigenvalue weighted by Gasteiger charge is 2.13. The number of imidazole rings is 1. The molecule has 0 saturated heterocycles. The third kappa shape index (κ3) is 2.57. The van der Waals surface area contributed by atoms with E-state index in [0.717, 1.165) is 5.52 Å². The van der Waals surface area contributed by atoms with Crippen LogP contribution >= 0.6 is 28.1 Å². The van der Waals surface area contributed by atoms with Crippen LogP contribution in [0, 0.1) is 10.6 Å². The summed E-state index contributed by atoms with van der Waals surface area (Å²) in [6.45, 7) is 2.38. The zero-order valence-corrected chi connectivity index (χ0v) is 13.1. The molecule has 2 atom stereocenters. The second kappa shape index (κ2) is 5.22. The lowest BCUT2D eigenvalue weighted by atomic mass is 10.3. The number of nitrogens with zero attached hydrogens (tertiary/aromatic N) is 1. The first-order chi connectivity index (χ1) is 8.40. The molecular weight excluding hydrogens is 339 g/mol. The molecule has 98 valence electrons. The highest BCUT2D eigenvalue weighted by atomic mass is 79.9. The molecule has 0 spiro atoms. The fourth-order valence-electron chi connectivity index (χ4n) is 1.70. The van der Waals surface area contributed by atoms with Crippen molar-refractivity contribution in [1.29, 1.82) is 0 Å². The van der Waals surface area contributed by atoms with E-state index in [2.05, 4.69) is 20.9 Å². The lowest BCUT2D eigenvalue weighted by molar-refractivity contribution is 0.619. The number of rotatable bonds is 3. The number of benzene rings is 1. The molecule has 1 N–H and O–H groups in total. The van der Waals surface area contributed by atoms with Crippen molar-refractivity contribution in [1.82, 2.24) is 9.55 Å². The molecule has 0 fully saturated rings. The first-order valence-corrected chi connectivity index (χ1v) is 8.12. The van der Waals surface area contributed by atoms with Gasteiger partial charge in [0.1, 0.15) is 5.82 Å². The molecule has 0 saturated carbocycles. The maximum atomic E-state index is 13.6. The minimum absolute atomic E-state index is 0.0394. The van der Waals surface area contributed by atoms with Gasteiger partial charge in [0.25, 0.3) is 0 Å². The number of aromatic nitrogens is 2. The van der Waals surface area contributed by atoms with Gasteiger partial charge in [0.05, 0.1) is 15.5 Å². The van der Waals surface area contributed by atoms with E-state index in [4.69, 9.17) is 12.2 Å². The van der Waals surface area contributed by atoms with Crippen molar-refractivity contribution in [2.75, 3.05) is 6.26 Å². The van der Waals surface area contributed by atoms with Crippen LogP contribution in [0.15, 0.2) is 16.6 Å². The number of H-pyrrole nitrogens is 1. The summed E-state index contributed by atoms with van der Waals surface area (Å²) in [6, 6.07) is 3.08. The van der Waals surface area contributed by atoms with Crippen LogP contribution in [0.4, 0.5) is 4.39 Å². The van der Waals surface area contributed by atoms with E-state index in [-0.39, 0.29) is 11.1 Å². The number of fused-ring (bicyclic) bond motifs is 1. The van der Waals surface area contributed by atoms with Crippen molar-refractivity contribution in [2.24, 2.45) is 0 Å². The van der Waals surface area contributed by atoms with Crippen LogP contribution in [0.2, 0.25) is 0 Å². The highest BCUT2D eigenvalue weighted by molar-refractivity contribution is 9.10. The number of nitrogens with one attached hydrogen (secondary N) is 1. The minimum atomic E-state index is -0.940. The van der Waals surface area contributed by atoms with E-state index < -0.39 is 10.8 Å². The molecule has 0 amide bonds. The Hall–Kier alpha value is -0.530. The molecule has 1 heterocycles. The smallest absolute Gasteiger partial charge is 0.178 e. The Bertz CT molecular complexity index is 679. The summed E-state index contributed by atoms with van der Waals surface area (Å²) in [5.41, 5.74) is 1.46. The molecule has 0 radical (unpaired) electrons. The first kappa shape index (κ1) is 13.9. The predicted molar refractivity (Wildman–Crippen MR) is 78.3 cm³/mol. The van der Waals surface area contributed by atoms with Crippen molar-refractivity contribution in [3.8, 4) is 0 Å². The Morgan fingerprint density at radius 3 is 2.89 bits per heavy atom. The molecule has 2 unspecified atom stereocenters. The SMILES string of the molecule is CC(Cn1c(=S)[nH]c2cc(Br)c(F)cc21)S(C)=O. The zero-order valence-electron chi connectivity index (χ0n) is 9.87. The van der Waals surface area contributed by atoms with Crippen LogP contribution in [0.1, 0.15) is 6.92 Å². The summed E-state index contributed by atoms with van der Waals surface area (Å²) in [7, 11) is -0.940. The molecule has 0 aliphatic carbocycles. The van der Waals surface area contributed by atoms with E-state index in [1.54, 1.807) is 16.9 Å². The molecule has 1 aromatic heterocycles. The molecule has 2 rings (SSSR count). The van der Waals surface area contributed by atoms with E-state index in [1.807, 2.05) is 6.92 Å². The zero-order chi connectivity index (χ0) is 13.4. The summed E-state index contributed by atoms with van der Waals surface area (Å²) in [6.07, 6.45) is 1.65. The van der Waals surface area contributed by atoms with Gasteiger partial charge in [0.15, 0.2) is 4.77 Å². The quantitative estimate of drug-likeness (QED) is 0.861. The Kier molecular flexibility index (Phi) is 4.03. The van der Waals surface area contributed by atoms with Crippen molar-refractivity contribution >= 4 is 50.0 Å². The molecule has 0 aliphatic rings. The fraction of sp³-hybridized carbons (Fsp3) is 0.364. The van der Waals surface area contributed by atoms with Gasteiger partial charge in [-0.15, -0.1) is 0 Å². The number of hydrogen-bond acceptors (Lipinski definition) is 2. The lowest BCUT2D eigenvalue weighted by Gasteiger charge is -2.10. The summed E-state index contributed by atoms with van der Waals surface area (Å²) < 4.78 is 27.7. The summed E-state index contributed by atoms with van der Waals surface area (Å²) >= 11 is 8.35. The molecule has 7 heteroatoms. The average molecular weight is 351 g/mol. The van der Waals surface area contributed by atoms with Crippen LogP contribution < -0.4 is 0 Å². The molecule has 0 aliphatic heterocycles. The molecule has 2 aromatic rings. The van der Waals surface area contributed by atoms with Gasteiger partial charge in [-0.05, 0) is 41.1 Å². The molecule has 1 aromatic carbocycles. The highest BCUT2D eigenvalue weighted by Crippen LogP contribution is 2.23. The Morgan fingerprint density at radius 2 is 2.28 bits per heavy atom. The van der Waals surface area contributed by atoms with Gasteiger partial charge in [-0.1, -0.05) is 0 Å². The number of halogens is 2. The standard InChI is InChI=1S/C11H12BrFN2OS2/c1-6(18(2)16)5-15-10-4-8(13)7(12)3-9(10)14-11(15)17/h3-4,6H,5H2,1-2H3,(H,14,17). The van der Waals surface area contributed by atoms with Crippen LogP contribution in [0.25, 0.3) is 11.0 Å². The van der Waals surface area contributed by atoms with Crippen molar-refractivity contribution in [2.45, 2.75) is 18.7 Å². The number of hydrogen-bond donors (Lipinski definition) is 1. The molecule has 3 nitrogen and oxygen atoms in total. The predicted octanol–water partition coefficient (Wildman–Crippen LogP) is 3.37. The van der Waals surface area contributed by atoms with Crippen LogP contribution in [0.5, 0.6) is 0 Å². The van der Waals surface area contributed by atoms with Crippen molar-refractivity contribution in [3.05, 3.63) is 27.2 Å². The van der Waals surface area contributed by atoms with Gasteiger partial charge in [0.2, 0.25) is 0 Å². The van der Waals surface area contributed by atoms with Gasteiger partial charge in [-0.3, -0.25) is 4.21 Å². The van der Waals surface area contributed by atoms with Gasteiger partial charge >= 0.3 is 0 Å². The monoisotopic (exact) mass is 350 g/mol. The Balaban J connectivity index is 2.57. The van der Waals surface area contributed by atoms with E-state index in [1.165, 1.54) is 6.07 Å². The Labute approximate surface area is 120 Å². The van der Waals surface area contributed by atoms with E-state index in [0.29, 0.717) is 21.3 Å². The Morgan fingerprint density at radius 1 is 1.61 bits per heavy atom. The molecular formula is C11H12BrFN2OS2. The van der Waals surface area contributed by atoms with Crippen molar-refractivity contribution in [3.63, 3.8) is 0 Å². The third-order valence-corrected chi connectivity index (χ3v) is 5.03. The first-order valence-electron chi connectivity index (χ1n) is 5.30. The fourth-order valence-corrected chi connectivity index (χ4v) is 2.68. The average Bonchev–Trinajstić information content (AvgIpc) is 2.56. The maximum Gasteiger partial charge on any atom is 0.178 e. The van der Waals surface area contributed by atoms with Gasteiger partial charge in [0, 0.05) is 34.9 Å². The third-order valence-electron chi connectivity index (χ3n) is 2.82. The largest absolute Gasteiger partial charge is 0.331 e. The van der Waals surface area contributed by atoms with Gasteiger partial charge in [-0.2, -0.15) is 0 Å². The normalized spacial score (nSPS) is 14.9. The van der Waals surface area contributed by atoms with Gasteiger partial charge in [-0.25, -0.2) is 4.39 Å². The van der Waals surface area contributed by atoms with E-state index in [9.17, 15) is 8.60 Å². The minimum Gasteiger partial charge on any atom is -0.331 e. The molecule has 0 bridgehead atoms. The second-order valence-electron chi connectivity index (χ2n) is 4.13. The van der Waals surface area contributed by atoms with E-state index >= 15 is 0 Å². The second-order valence-corrected chi connectivity index (χ2v) is 7.18. The van der Waals surface area contributed by atoms with Crippen molar-refractivity contribution < 1.29 is 8.60 Å². The summed E-state index contributed by atoms with van der Waals surface area (Å²) in [4.78, 5) is 3.02. The lowest BCUT2D eigenvalue weighted by Crippen LogP contribution is -2.17. The summed E-state index contributed by atoms with van der Waals surface area (Å²) in [5, 5.41) is -0.0394. The number of aromatic amines is 1. The van der Waals surface area contributed by atoms with Crippen LogP contribution in [-0.2, 0) is 17.3 Å². The maximum absolute atomic E-state index is 13.6.